The maximum atomic E-state index is 12.2. The first-order valence-electron chi connectivity index (χ1n) is 17.3. The molecule has 0 aromatic heterocycles. The fourth-order valence-corrected chi connectivity index (χ4v) is 5.12. The van der Waals surface area contributed by atoms with Crippen LogP contribution < -0.4 is 5.32 Å². The Morgan fingerprint density at radius 2 is 1.43 bits per heavy atom. The molecule has 280 valence electrons. The van der Waals surface area contributed by atoms with E-state index in [1.165, 1.54) is 20.8 Å². The Morgan fingerprint density at radius 1 is 0.776 bits per heavy atom. The third kappa shape index (κ3) is 18.0. The van der Waals surface area contributed by atoms with Crippen LogP contribution in [-0.2, 0) is 57.1 Å². The van der Waals surface area contributed by atoms with Gasteiger partial charge in [0.15, 0.2) is 18.2 Å². The molecule has 1 unspecified atom stereocenters. The van der Waals surface area contributed by atoms with Crippen molar-refractivity contribution in [3.05, 3.63) is 11.4 Å². The maximum Gasteiger partial charge on any atom is 0.305 e. The summed E-state index contributed by atoms with van der Waals surface area (Å²) < 4.78 is 39.2. The zero-order chi connectivity index (χ0) is 36.8. The Balaban J connectivity index is 2.29. The summed E-state index contributed by atoms with van der Waals surface area (Å²) in [5, 5.41) is 2.75. The number of carbonyl (C=O) groups is 5. The molecular formula is C35H58N2O12. The molecule has 14 heteroatoms. The van der Waals surface area contributed by atoms with E-state index in [0.29, 0.717) is 64.8 Å². The highest BCUT2D eigenvalue weighted by molar-refractivity contribution is 5.79. The second-order valence-corrected chi connectivity index (χ2v) is 12.7. The van der Waals surface area contributed by atoms with Crippen LogP contribution >= 0.6 is 0 Å². The second-order valence-electron chi connectivity index (χ2n) is 12.7. The van der Waals surface area contributed by atoms with E-state index in [1.54, 1.807) is 6.92 Å². The lowest BCUT2D eigenvalue weighted by Crippen LogP contribution is -2.66. The van der Waals surface area contributed by atoms with Gasteiger partial charge in [0.1, 0.15) is 24.5 Å². The van der Waals surface area contributed by atoms with E-state index in [-0.39, 0.29) is 43.2 Å². The van der Waals surface area contributed by atoms with Gasteiger partial charge in [-0.15, -0.1) is 0 Å². The Bertz CT molecular complexity index is 1080. The number of ketones is 2. The van der Waals surface area contributed by atoms with Crippen molar-refractivity contribution < 1.29 is 57.1 Å². The normalized spacial score (nSPS) is 21.7. The molecule has 1 amide bonds. The first kappa shape index (κ1) is 44.1. The van der Waals surface area contributed by atoms with Gasteiger partial charge < -0.3 is 43.3 Å². The molecule has 14 nitrogen and oxygen atoms in total. The Hall–Kier alpha value is -2.96. The fourth-order valence-electron chi connectivity index (χ4n) is 5.12. The molecule has 1 heterocycles. The molecule has 0 bridgehead atoms. The predicted molar refractivity (Wildman–Crippen MR) is 178 cm³/mol. The maximum absolute atomic E-state index is 12.2. The van der Waals surface area contributed by atoms with Crippen LogP contribution in [0.25, 0.3) is 4.85 Å². The van der Waals surface area contributed by atoms with Gasteiger partial charge in [-0.25, -0.2) is 6.57 Å². The van der Waals surface area contributed by atoms with Gasteiger partial charge in [0.25, 0.3) is 0 Å². The fraction of sp³-hybridized carbons (Fsp3) is 0.829. The Kier molecular flexibility index (Phi) is 21.8. The number of nitrogens with one attached hydrogen (secondary N) is 1. The van der Waals surface area contributed by atoms with Crippen molar-refractivity contribution >= 4 is 29.4 Å². The molecule has 6 atom stereocenters. The van der Waals surface area contributed by atoms with Crippen molar-refractivity contribution in [2.75, 3.05) is 39.6 Å². The Labute approximate surface area is 291 Å². The average molecular weight is 699 g/mol. The minimum Gasteiger partial charge on any atom is -0.453 e. The van der Waals surface area contributed by atoms with Crippen molar-refractivity contribution in [1.82, 2.24) is 5.32 Å². The highest BCUT2D eigenvalue weighted by atomic mass is 16.8. The minimum atomic E-state index is -1.29. The summed E-state index contributed by atoms with van der Waals surface area (Å²) in [5.74, 6) is -1.31. The molecule has 0 spiro atoms. The molecule has 1 aliphatic heterocycles. The number of hydrogen-bond acceptors (Lipinski definition) is 12. The summed E-state index contributed by atoms with van der Waals surface area (Å²) in [4.78, 5) is 63.5. The van der Waals surface area contributed by atoms with Gasteiger partial charge in [-0.3, -0.25) is 24.0 Å². The lowest BCUT2D eigenvalue weighted by Gasteiger charge is -2.44. The van der Waals surface area contributed by atoms with E-state index in [0.717, 1.165) is 12.8 Å². The van der Waals surface area contributed by atoms with Crippen LogP contribution in [0, 0.1) is 12.5 Å². The quantitative estimate of drug-likeness (QED) is 0.0782. The highest BCUT2D eigenvalue weighted by Crippen LogP contribution is 2.29. The number of carbonyl (C=O) groups excluding carboxylic acids is 5. The number of hydrogen-bond donors (Lipinski definition) is 1. The van der Waals surface area contributed by atoms with E-state index < -0.39 is 48.3 Å². The van der Waals surface area contributed by atoms with Crippen molar-refractivity contribution in [2.24, 2.45) is 5.92 Å². The number of esters is 2. The number of unbranched alkanes of at least 4 members (excludes halogenated alkanes) is 3. The van der Waals surface area contributed by atoms with Gasteiger partial charge in [-0.2, -0.15) is 0 Å². The third-order valence-electron chi connectivity index (χ3n) is 8.24. The monoisotopic (exact) mass is 698 g/mol. The van der Waals surface area contributed by atoms with Gasteiger partial charge in [-0.05, 0) is 26.2 Å². The molecule has 0 aromatic carbocycles. The van der Waals surface area contributed by atoms with Gasteiger partial charge >= 0.3 is 11.9 Å². The molecular weight excluding hydrogens is 640 g/mol. The second kappa shape index (κ2) is 24.2. The van der Waals surface area contributed by atoms with E-state index in [1.807, 2.05) is 20.8 Å². The third-order valence-corrected chi connectivity index (χ3v) is 8.24. The molecule has 1 fully saturated rings. The first-order valence-corrected chi connectivity index (χ1v) is 17.3. The van der Waals surface area contributed by atoms with E-state index >= 15 is 0 Å². The van der Waals surface area contributed by atoms with Crippen molar-refractivity contribution in [3.63, 3.8) is 0 Å². The predicted octanol–water partition coefficient (Wildman–Crippen LogP) is 4.11. The summed E-state index contributed by atoms with van der Waals surface area (Å²) in [6.07, 6.45) is 0.948. The SMILES string of the molecule is [C-]#[N+]C(C)(CCC(=O)CCCOCCOCC(=O)CCCCCCO[C@@H]1O[C@H](OC(C)=O)[C@H](OC(C)=O)[C@H](OCC)[C@H]1NC(C)=O)C(C)C. The zero-order valence-corrected chi connectivity index (χ0v) is 30.4. The van der Waals surface area contributed by atoms with Crippen LogP contribution in [-0.4, -0.2) is 105 Å². The van der Waals surface area contributed by atoms with E-state index in [4.69, 9.17) is 39.7 Å². The lowest BCUT2D eigenvalue weighted by molar-refractivity contribution is -0.324. The summed E-state index contributed by atoms with van der Waals surface area (Å²) in [6, 6.07) is -0.839. The van der Waals surface area contributed by atoms with Crippen LogP contribution in [0.3, 0.4) is 0 Å². The molecule has 0 aliphatic carbocycles. The molecule has 1 rings (SSSR count). The number of Topliss-reactive ketones (excluding diaryl/α,β-unsaturated/α-hetero) is 2. The summed E-state index contributed by atoms with van der Waals surface area (Å²) in [5.41, 5.74) is -0.503. The van der Waals surface area contributed by atoms with Gasteiger partial charge in [0.2, 0.25) is 17.7 Å². The Morgan fingerprint density at radius 3 is 2.04 bits per heavy atom. The lowest BCUT2D eigenvalue weighted by atomic mass is 9.84. The summed E-state index contributed by atoms with van der Waals surface area (Å²) in [6.45, 7) is 20.4. The minimum absolute atomic E-state index is 0.00391. The number of nitrogens with zero attached hydrogens (tertiary/aromatic N) is 1. The average Bonchev–Trinajstić information content (AvgIpc) is 3.02. The van der Waals surface area contributed by atoms with Crippen molar-refractivity contribution in [2.45, 2.75) is 143 Å². The van der Waals surface area contributed by atoms with E-state index in [2.05, 4.69) is 10.2 Å². The van der Waals surface area contributed by atoms with E-state index in [9.17, 15) is 24.0 Å². The molecule has 1 N–H and O–H groups in total. The zero-order valence-electron chi connectivity index (χ0n) is 30.4. The van der Waals surface area contributed by atoms with Crippen LogP contribution in [0.4, 0.5) is 0 Å². The molecule has 0 aromatic rings. The van der Waals surface area contributed by atoms with Gasteiger partial charge in [0, 0.05) is 79.1 Å². The number of ether oxygens (including phenoxy) is 7. The number of rotatable bonds is 26. The summed E-state index contributed by atoms with van der Waals surface area (Å²) >= 11 is 0. The van der Waals surface area contributed by atoms with Crippen LogP contribution in [0.5, 0.6) is 0 Å². The molecule has 1 aliphatic rings. The van der Waals surface area contributed by atoms with Gasteiger partial charge in [0.05, 0.1) is 13.2 Å². The van der Waals surface area contributed by atoms with Crippen LogP contribution in [0.2, 0.25) is 0 Å². The molecule has 0 radical (unpaired) electrons. The van der Waals surface area contributed by atoms with Crippen molar-refractivity contribution in [3.8, 4) is 0 Å². The highest BCUT2D eigenvalue weighted by Gasteiger charge is 2.51. The number of amides is 1. The first-order chi connectivity index (χ1) is 23.2. The van der Waals surface area contributed by atoms with Gasteiger partial charge in [-0.1, -0.05) is 26.7 Å². The van der Waals surface area contributed by atoms with Crippen LogP contribution in [0.15, 0.2) is 0 Å². The smallest absolute Gasteiger partial charge is 0.305 e. The topological polar surface area (TPSA) is 166 Å². The standard InChI is InChI=1S/C35H58N2O12/c1-9-45-31-30(37-25(4)38)33(49-34(48-27(6)40)32(31)47-26(5)39)46-20-13-11-10-12-15-29(42)23-44-22-21-43-19-14-16-28(41)17-18-35(7,36-8)24(2)3/h24,30-34H,9-23H2,1-7H3,(H,37,38)/t30-,31-,32-,33-,34+,35?/m1/s1. The molecule has 0 saturated carbocycles. The summed E-state index contributed by atoms with van der Waals surface area (Å²) in [7, 11) is 0. The van der Waals surface area contributed by atoms with Crippen molar-refractivity contribution in [1.29, 1.82) is 0 Å². The molecule has 49 heavy (non-hydrogen) atoms. The molecule has 1 saturated heterocycles. The largest absolute Gasteiger partial charge is 0.453 e. The van der Waals surface area contributed by atoms with Crippen LogP contribution in [0.1, 0.15) is 106 Å².